The summed E-state index contributed by atoms with van der Waals surface area (Å²) in [5.41, 5.74) is 2.92. The highest BCUT2D eigenvalue weighted by Gasteiger charge is 2.56. The highest BCUT2D eigenvalue weighted by Crippen LogP contribution is 2.53. The fourth-order valence-corrected chi connectivity index (χ4v) is 7.76. The van der Waals surface area contributed by atoms with E-state index in [0.29, 0.717) is 21.3 Å². The van der Waals surface area contributed by atoms with Gasteiger partial charge in [0.25, 0.3) is 0 Å². The molecule has 0 aliphatic carbocycles. The van der Waals surface area contributed by atoms with Crippen molar-refractivity contribution in [3.63, 3.8) is 0 Å². The summed E-state index contributed by atoms with van der Waals surface area (Å²) in [5.74, 6) is -2.21. The van der Waals surface area contributed by atoms with Crippen LogP contribution in [-0.4, -0.2) is 32.5 Å². The van der Waals surface area contributed by atoms with Crippen LogP contribution >= 0.6 is 23.1 Å². The van der Waals surface area contributed by atoms with E-state index in [1.54, 1.807) is 42.7 Å². The first-order valence-electron chi connectivity index (χ1n) is 12.0. The number of benzene rings is 2. The molecule has 0 bridgehead atoms. The minimum Gasteiger partial charge on any atom is -0.325 e. The number of nitrogens with one attached hydrogen (secondary N) is 1. The molecular weight excluding hydrogens is 520 g/mol. The molecule has 2 aliphatic rings. The fraction of sp³-hybridized carbons (Fsp3) is 0.179. The van der Waals surface area contributed by atoms with Crippen molar-refractivity contribution in [3.8, 4) is 0 Å². The van der Waals surface area contributed by atoms with Crippen LogP contribution in [0.4, 0.5) is 11.4 Å². The number of anilines is 2. The fourth-order valence-electron chi connectivity index (χ4n) is 4.99. The average molecular weight is 543 g/mol. The second-order valence-electron chi connectivity index (χ2n) is 9.21. The number of pyridine rings is 1. The van der Waals surface area contributed by atoms with E-state index in [4.69, 9.17) is 0 Å². The van der Waals surface area contributed by atoms with Gasteiger partial charge in [0.05, 0.1) is 16.6 Å². The van der Waals surface area contributed by atoms with Gasteiger partial charge >= 0.3 is 4.87 Å². The third-order valence-electron chi connectivity index (χ3n) is 6.74. The normalized spacial score (nSPS) is 20.2. The van der Waals surface area contributed by atoms with Gasteiger partial charge in [0, 0.05) is 28.9 Å². The summed E-state index contributed by atoms with van der Waals surface area (Å²) in [6.07, 6.45) is 3.31. The first-order valence-corrected chi connectivity index (χ1v) is 13.7. The van der Waals surface area contributed by atoms with Crippen LogP contribution < -0.4 is 15.1 Å². The number of aryl methyl sites for hydroxylation is 1. The first-order chi connectivity index (χ1) is 18.4. The Bertz CT molecular complexity index is 1600. The maximum absolute atomic E-state index is 13.8. The molecule has 0 saturated carbocycles. The number of thiazole rings is 1. The zero-order valence-electron chi connectivity index (χ0n) is 20.2. The first kappa shape index (κ1) is 24.3. The molecule has 0 unspecified atom stereocenters. The molecule has 0 spiro atoms. The summed E-state index contributed by atoms with van der Waals surface area (Å²) in [6.45, 7) is 1.74. The Morgan fingerprint density at radius 3 is 2.45 bits per heavy atom. The summed E-state index contributed by atoms with van der Waals surface area (Å²) < 4.78 is 1.41. The van der Waals surface area contributed by atoms with Crippen LogP contribution in [0.25, 0.3) is 0 Å². The van der Waals surface area contributed by atoms with Crippen molar-refractivity contribution in [1.29, 1.82) is 0 Å². The second-order valence-corrected chi connectivity index (χ2v) is 11.3. The molecular formula is C28H22N4O4S2. The van der Waals surface area contributed by atoms with Crippen LogP contribution in [0.2, 0.25) is 0 Å². The van der Waals surface area contributed by atoms with Gasteiger partial charge in [-0.05, 0) is 42.8 Å². The van der Waals surface area contributed by atoms with Crippen molar-refractivity contribution in [1.82, 2.24) is 9.55 Å². The molecule has 38 heavy (non-hydrogen) atoms. The number of carbonyl (C=O) groups excluding carboxylic acids is 3. The van der Waals surface area contributed by atoms with Crippen molar-refractivity contribution < 1.29 is 14.4 Å². The van der Waals surface area contributed by atoms with E-state index < -0.39 is 17.1 Å². The molecule has 190 valence electrons. The summed E-state index contributed by atoms with van der Waals surface area (Å²) in [7, 11) is 0. The molecule has 8 nitrogen and oxygen atoms in total. The molecule has 10 heteroatoms. The molecule has 2 aromatic carbocycles. The number of rotatable bonds is 5. The van der Waals surface area contributed by atoms with Crippen LogP contribution in [0.5, 0.6) is 0 Å². The maximum Gasteiger partial charge on any atom is 0.308 e. The summed E-state index contributed by atoms with van der Waals surface area (Å²) >= 11 is 2.21. The molecule has 3 amide bonds. The summed E-state index contributed by atoms with van der Waals surface area (Å²) in [5, 5.41) is 2.62. The van der Waals surface area contributed by atoms with Gasteiger partial charge in [-0.15, -0.1) is 0 Å². The monoisotopic (exact) mass is 542 g/mol. The average Bonchev–Trinajstić information content (AvgIpc) is 3.36. The van der Waals surface area contributed by atoms with Crippen LogP contribution in [-0.2, 0) is 20.9 Å². The van der Waals surface area contributed by atoms with E-state index in [1.165, 1.54) is 21.2 Å². The molecule has 4 aromatic rings. The molecule has 1 N–H and O–H groups in total. The molecule has 0 radical (unpaired) electrons. The van der Waals surface area contributed by atoms with E-state index in [0.717, 1.165) is 22.5 Å². The number of nitrogens with zero attached hydrogens (tertiary/aromatic N) is 3. The van der Waals surface area contributed by atoms with E-state index in [2.05, 4.69) is 10.3 Å². The number of aromatic nitrogens is 2. The third kappa shape index (κ3) is 4.15. The van der Waals surface area contributed by atoms with Gasteiger partial charge in [-0.1, -0.05) is 65.1 Å². The lowest BCUT2D eigenvalue weighted by atomic mass is 9.84. The van der Waals surface area contributed by atoms with E-state index >= 15 is 0 Å². The van der Waals surface area contributed by atoms with Crippen molar-refractivity contribution in [3.05, 3.63) is 105 Å². The van der Waals surface area contributed by atoms with Gasteiger partial charge in [-0.25, -0.2) is 4.90 Å². The quantitative estimate of drug-likeness (QED) is 0.382. The number of amides is 3. The number of thioether (sulfide) groups is 1. The largest absolute Gasteiger partial charge is 0.325 e. The Morgan fingerprint density at radius 2 is 1.74 bits per heavy atom. The minimum atomic E-state index is -0.737. The molecule has 6 rings (SSSR count). The lowest BCUT2D eigenvalue weighted by Gasteiger charge is -2.30. The highest BCUT2D eigenvalue weighted by atomic mass is 32.2. The Morgan fingerprint density at radius 1 is 0.974 bits per heavy atom. The lowest BCUT2D eigenvalue weighted by Crippen LogP contribution is -2.33. The van der Waals surface area contributed by atoms with Gasteiger partial charge in [0.15, 0.2) is 0 Å². The smallest absolute Gasteiger partial charge is 0.308 e. The summed E-state index contributed by atoms with van der Waals surface area (Å²) in [6, 6.07) is 19.9. The van der Waals surface area contributed by atoms with Crippen LogP contribution in [0.1, 0.15) is 21.9 Å². The summed E-state index contributed by atoms with van der Waals surface area (Å²) in [4.78, 5) is 59.4. The Balaban J connectivity index is 1.41. The molecule has 4 heterocycles. The standard InChI is InChI=1S/C28H22N4O4S2/c1-16-9-11-19(12-10-16)32-25(34)22-21(17-6-5-13-29-14-17)24-27(37-23(22)26(32)35)31(28(36)38-24)15-20(33)30-18-7-3-2-4-8-18/h2-14,21-23H,15H2,1H3,(H,30,33)/t21-,22+,23-/m0/s1. The SMILES string of the molecule is Cc1ccc(N2C(=O)[C@@H]3[C@H](c4cccnc4)c4sc(=O)n(CC(=O)Nc5ccccc5)c4S[C@@H]3C2=O)cc1. The van der Waals surface area contributed by atoms with E-state index in [-0.39, 0.29) is 29.1 Å². The number of hydrogen-bond acceptors (Lipinski definition) is 7. The van der Waals surface area contributed by atoms with Crippen LogP contribution in [0.15, 0.2) is 88.9 Å². The van der Waals surface area contributed by atoms with Crippen LogP contribution in [0.3, 0.4) is 0 Å². The van der Waals surface area contributed by atoms with Gasteiger partial charge in [-0.2, -0.15) is 0 Å². The van der Waals surface area contributed by atoms with Gasteiger partial charge < -0.3 is 5.32 Å². The second kappa shape index (κ2) is 9.70. The Labute approximate surface area is 226 Å². The van der Waals surface area contributed by atoms with E-state index in [1.807, 2.05) is 43.3 Å². The Hall–Kier alpha value is -4.02. The number of fused-ring (bicyclic) bond motifs is 2. The number of hydrogen-bond donors (Lipinski definition) is 1. The third-order valence-corrected chi connectivity index (χ3v) is 9.35. The molecule has 1 fully saturated rings. The number of imide groups is 1. The zero-order valence-corrected chi connectivity index (χ0v) is 21.9. The Kier molecular flexibility index (Phi) is 6.21. The molecule has 1 saturated heterocycles. The zero-order chi connectivity index (χ0) is 26.4. The van der Waals surface area contributed by atoms with Crippen molar-refractivity contribution in [2.24, 2.45) is 5.92 Å². The van der Waals surface area contributed by atoms with Crippen molar-refractivity contribution in [2.75, 3.05) is 10.2 Å². The predicted octanol–water partition coefficient (Wildman–Crippen LogP) is 4.05. The molecule has 2 aromatic heterocycles. The van der Waals surface area contributed by atoms with Crippen LogP contribution in [0, 0.1) is 12.8 Å². The minimum absolute atomic E-state index is 0.201. The van der Waals surface area contributed by atoms with Crippen molar-refractivity contribution >= 4 is 52.2 Å². The van der Waals surface area contributed by atoms with Gasteiger partial charge in [0.2, 0.25) is 17.7 Å². The lowest BCUT2D eigenvalue weighted by molar-refractivity contribution is -0.122. The number of para-hydroxylation sites is 1. The molecule has 3 atom stereocenters. The van der Waals surface area contributed by atoms with E-state index in [9.17, 15) is 19.2 Å². The van der Waals surface area contributed by atoms with Gasteiger partial charge in [0.1, 0.15) is 11.8 Å². The molecule has 2 aliphatic heterocycles. The maximum atomic E-state index is 13.8. The van der Waals surface area contributed by atoms with Gasteiger partial charge in [-0.3, -0.25) is 28.7 Å². The van der Waals surface area contributed by atoms with Crippen molar-refractivity contribution in [2.45, 2.75) is 29.7 Å². The predicted molar refractivity (Wildman–Crippen MR) is 147 cm³/mol. The number of carbonyl (C=O) groups is 3. The highest BCUT2D eigenvalue weighted by molar-refractivity contribution is 8.00. The topological polar surface area (TPSA) is 101 Å².